The SMILES string of the molecule is O=C(c1cccc(S(=O)(=O)N2CCc3ccccc3C2)c1)N1CCCc2cccc(F)c21. The third kappa shape index (κ3) is 3.61. The molecule has 0 radical (unpaired) electrons. The van der Waals surface area contributed by atoms with E-state index in [9.17, 15) is 17.6 Å². The minimum Gasteiger partial charge on any atom is -0.305 e. The predicted octanol–water partition coefficient (Wildman–Crippen LogP) is 4.17. The van der Waals surface area contributed by atoms with Gasteiger partial charge in [0.25, 0.3) is 5.91 Å². The van der Waals surface area contributed by atoms with Gasteiger partial charge in [0.05, 0.1) is 10.6 Å². The second-order valence-corrected chi connectivity index (χ2v) is 10.1. The van der Waals surface area contributed by atoms with Gasteiger partial charge in [-0.25, -0.2) is 12.8 Å². The van der Waals surface area contributed by atoms with Crippen molar-refractivity contribution >= 4 is 21.6 Å². The van der Waals surface area contributed by atoms with Crippen LogP contribution in [0.2, 0.25) is 0 Å². The Bertz CT molecular complexity index is 1310. The number of nitrogens with zero attached hydrogens (tertiary/aromatic N) is 2. The summed E-state index contributed by atoms with van der Waals surface area (Å²) in [5.41, 5.74) is 3.48. The van der Waals surface area contributed by atoms with Crippen LogP contribution >= 0.6 is 0 Å². The molecule has 0 saturated heterocycles. The molecule has 0 saturated carbocycles. The Kier molecular flexibility index (Phi) is 5.31. The van der Waals surface area contributed by atoms with Crippen molar-refractivity contribution in [3.8, 4) is 0 Å². The Balaban J connectivity index is 1.45. The number of sulfonamides is 1. The van der Waals surface area contributed by atoms with E-state index in [0.29, 0.717) is 38.2 Å². The van der Waals surface area contributed by atoms with Gasteiger partial charge < -0.3 is 4.90 Å². The molecule has 5 rings (SSSR count). The van der Waals surface area contributed by atoms with Gasteiger partial charge >= 0.3 is 0 Å². The molecule has 0 spiro atoms. The molecule has 0 bridgehead atoms. The normalized spacial score (nSPS) is 16.3. The predicted molar refractivity (Wildman–Crippen MR) is 121 cm³/mol. The summed E-state index contributed by atoms with van der Waals surface area (Å²) in [5.74, 6) is -0.830. The van der Waals surface area contributed by atoms with Crippen LogP contribution in [0.4, 0.5) is 10.1 Å². The van der Waals surface area contributed by atoms with Crippen LogP contribution in [0.15, 0.2) is 71.6 Å². The van der Waals surface area contributed by atoms with Crippen molar-refractivity contribution in [2.75, 3.05) is 18.0 Å². The standard InChI is InChI=1S/C25H23FN2O3S/c26-23-12-4-8-19-10-5-14-28(24(19)23)25(29)20-9-3-11-22(16-20)32(30,31)27-15-13-18-6-1-2-7-21(18)17-27/h1-4,6-9,11-12,16H,5,10,13-15,17H2. The number of para-hydroxylation sites is 1. The van der Waals surface area contributed by atoms with Crippen molar-refractivity contribution in [2.24, 2.45) is 0 Å². The highest BCUT2D eigenvalue weighted by molar-refractivity contribution is 7.89. The van der Waals surface area contributed by atoms with E-state index in [1.54, 1.807) is 18.2 Å². The summed E-state index contributed by atoms with van der Waals surface area (Å²) in [6.45, 7) is 1.09. The Morgan fingerprint density at radius 2 is 1.59 bits per heavy atom. The summed E-state index contributed by atoms with van der Waals surface area (Å²) in [6, 6.07) is 18.7. The number of hydrogen-bond donors (Lipinski definition) is 0. The minimum absolute atomic E-state index is 0.0773. The van der Waals surface area contributed by atoms with Crippen LogP contribution in [0.1, 0.15) is 33.5 Å². The molecule has 3 aromatic rings. The first-order chi connectivity index (χ1) is 15.4. The summed E-state index contributed by atoms with van der Waals surface area (Å²) in [7, 11) is -3.77. The third-order valence-corrected chi connectivity index (χ3v) is 8.07. The van der Waals surface area contributed by atoms with Crippen LogP contribution in [0.5, 0.6) is 0 Å². The molecule has 1 amide bonds. The first-order valence-corrected chi connectivity index (χ1v) is 12.2. The lowest BCUT2D eigenvalue weighted by atomic mass is 10.0. The highest BCUT2D eigenvalue weighted by atomic mass is 32.2. The maximum absolute atomic E-state index is 14.5. The van der Waals surface area contributed by atoms with Crippen molar-refractivity contribution in [1.29, 1.82) is 0 Å². The maximum Gasteiger partial charge on any atom is 0.258 e. The van der Waals surface area contributed by atoms with Crippen LogP contribution in [-0.2, 0) is 29.4 Å². The van der Waals surface area contributed by atoms with Gasteiger partial charge in [-0.3, -0.25) is 4.79 Å². The van der Waals surface area contributed by atoms with E-state index in [1.165, 1.54) is 27.4 Å². The monoisotopic (exact) mass is 450 g/mol. The molecule has 2 heterocycles. The molecule has 0 unspecified atom stereocenters. The van der Waals surface area contributed by atoms with Gasteiger partial charge in [-0.1, -0.05) is 42.5 Å². The van der Waals surface area contributed by atoms with E-state index in [4.69, 9.17) is 0 Å². The zero-order valence-electron chi connectivity index (χ0n) is 17.5. The summed E-state index contributed by atoms with van der Waals surface area (Å²) in [6.07, 6.45) is 2.09. The summed E-state index contributed by atoms with van der Waals surface area (Å²) >= 11 is 0. The largest absolute Gasteiger partial charge is 0.305 e. The van der Waals surface area contributed by atoms with Crippen LogP contribution in [-0.4, -0.2) is 31.7 Å². The Morgan fingerprint density at radius 3 is 2.44 bits per heavy atom. The molecule has 7 heteroatoms. The topological polar surface area (TPSA) is 57.7 Å². The number of fused-ring (bicyclic) bond motifs is 2. The third-order valence-electron chi connectivity index (χ3n) is 6.23. The smallest absolute Gasteiger partial charge is 0.258 e. The van der Waals surface area contributed by atoms with Crippen molar-refractivity contribution < 1.29 is 17.6 Å². The molecule has 5 nitrogen and oxygen atoms in total. The number of carbonyl (C=O) groups excluding carboxylic acids is 1. The molecule has 2 aliphatic rings. The number of amides is 1. The maximum atomic E-state index is 14.5. The molecule has 3 aromatic carbocycles. The molecule has 2 aliphatic heterocycles. The molecule has 0 N–H and O–H groups in total. The molecule has 32 heavy (non-hydrogen) atoms. The van der Waals surface area contributed by atoms with Crippen LogP contribution in [0.25, 0.3) is 0 Å². The Labute approximate surface area is 187 Å². The van der Waals surface area contributed by atoms with E-state index < -0.39 is 21.7 Å². The van der Waals surface area contributed by atoms with Gasteiger partial charge in [0, 0.05) is 25.2 Å². The molecular weight excluding hydrogens is 427 g/mol. The Morgan fingerprint density at radius 1 is 0.844 bits per heavy atom. The van der Waals surface area contributed by atoms with Gasteiger partial charge in [0.1, 0.15) is 5.82 Å². The van der Waals surface area contributed by atoms with Gasteiger partial charge in [-0.2, -0.15) is 4.31 Å². The van der Waals surface area contributed by atoms with Crippen molar-refractivity contribution in [3.05, 3.63) is 94.8 Å². The highest BCUT2D eigenvalue weighted by Gasteiger charge is 2.30. The van der Waals surface area contributed by atoms with Crippen LogP contribution < -0.4 is 4.90 Å². The van der Waals surface area contributed by atoms with E-state index >= 15 is 0 Å². The van der Waals surface area contributed by atoms with Gasteiger partial charge in [-0.05, 0) is 60.2 Å². The second-order valence-electron chi connectivity index (χ2n) is 8.19. The van der Waals surface area contributed by atoms with Crippen molar-refractivity contribution in [3.63, 3.8) is 0 Å². The molecule has 164 valence electrons. The van der Waals surface area contributed by atoms with E-state index in [-0.39, 0.29) is 10.5 Å². The molecule has 0 fully saturated rings. The number of rotatable bonds is 3. The second kappa shape index (κ2) is 8.15. The lowest BCUT2D eigenvalue weighted by molar-refractivity contribution is 0.0984. The Hall–Kier alpha value is -3.03. The average Bonchev–Trinajstić information content (AvgIpc) is 2.83. The van der Waals surface area contributed by atoms with E-state index in [2.05, 4.69) is 0 Å². The van der Waals surface area contributed by atoms with Crippen molar-refractivity contribution in [1.82, 2.24) is 4.31 Å². The van der Waals surface area contributed by atoms with Gasteiger partial charge in [0.2, 0.25) is 10.0 Å². The highest BCUT2D eigenvalue weighted by Crippen LogP contribution is 2.32. The fourth-order valence-corrected chi connectivity index (χ4v) is 6.04. The molecule has 0 aliphatic carbocycles. The van der Waals surface area contributed by atoms with Gasteiger partial charge in [-0.15, -0.1) is 0 Å². The zero-order chi connectivity index (χ0) is 22.3. The van der Waals surface area contributed by atoms with Crippen molar-refractivity contribution in [2.45, 2.75) is 30.7 Å². The lowest BCUT2D eigenvalue weighted by Gasteiger charge is -2.30. The van der Waals surface area contributed by atoms with E-state index in [1.807, 2.05) is 30.3 Å². The summed E-state index contributed by atoms with van der Waals surface area (Å²) in [5, 5.41) is 0. The number of carbonyl (C=O) groups is 1. The lowest BCUT2D eigenvalue weighted by Crippen LogP contribution is -2.37. The molecular formula is C25H23FN2O3S. The van der Waals surface area contributed by atoms with Gasteiger partial charge in [0.15, 0.2) is 0 Å². The first-order valence-electron chi connectivity index (χ1n) is 10.7. The summed E-state index contributed by atoms with van der Waals surface area (Å²) < 4.78 is 42.7. The van der Waals surface area contributed by atoms with Crippen LogP contribution in [0.3, 0.4) is 0 Å². The minimum atomic E-state index is -3.77. The fourth-order valence-electron chi connectivity index (χ4n) is 4.58. The zero-order valence-corrected chi connectivity index (χ0v) is 18.3. The molecule has 0 aromatic heterocycles. The molecule has 0 atom stereocenters. The average molecular weight is 451 g/mol. The summed E-state index contributed by atoms with van der Waals surface area (Å²) in [4.78, 5) is 14.8. The number of aryl methyl sites for hydroxylation is 1. The number of hydrogen-bond acceptors (Lipinski definition) is 3. The quantitative estimate of drug-likeness (QED) is 0.602. The number of halogens is 1. The number of anilines is 1. The number of benzene rings is 3. The fraction of sp³-hybridized carbons (Fsp3) is 0.240. The first kappa shape index (κ1) is 20.8. The van der Waals surface area contributed by atoms with Crippen LogP contribution in [0, 0.1) is 5.82 Å². The van der Waals surface area contributed by atoms with E-state index in [0.717, 1.165) is 23.1 Å².